The molecule has 1 aromatic heterocycles. The van der Waals surface area contributed by atoms with Crippen LogP contribution in [-0.4, -0.2) is 45.2 Å². The first kappa shape index (κ1) is 15.6. The first-order valence-electron chi connectivity index (χ1n) is 7.29. The van der Waals surface area contributed by atoms with Gasteiger partial charge < -0.3 is 9.88 Å². The Hall–Kier alpha value is -2.97. The van der Waals surface area contributed by atoms with Gasteiger partial charge in [0.05, 0.1) is 28.8 Å². The molecule has 1 aromatic carbocycles. The van der Waals surface area contributed by atoms with E-state index in [1.807, 2.05) is 24.0 Å². The number of fused-ring (bicyclic) bond motifs is 2. The van der Waals surface area contributed by atoms with Crippen LogP contribution in [0.1, 0.15) is 16.2 Å². The van der Waals surface area contributed by atoms with Gasteiger partial charge in [-0.2, -0.15) is 13.2 Å². The molecule has 2 aromatic rings. The highest BCUT2D eigenvalue weighted by Crippen LogP contribution is 2.35. The number of hydrogen-bond donors (Lipinski definition) is 1. The van der Waals surface area contributed by atoms with Crippen molar-refractivity contribution < 1.29 is 26.9 Å². The summed E-state index contributed by atoms with van der Waals surface area (Å²) in [7, 11) is 1.85. The van der Waals surface area contributed by atoms with Crippen molar-refractivity contribution in [3.05, 3.63) is 52.9 Å². The smallest absolute Gasteiger partial charge is 0.334 e. The van der Waals surface area contributed by atoms with Gasteiger partial charge in [0.2, 0.25) is 0 Å². The minimum Gasteiger partial charge on any atom is -0.334 e. The van der Waals surface area contributed by atoms with Crippen molar-refractivity contribution in [3.8, 4) is 0 Å². The predicted octanol–water partition coefficient (Wildman–Crippen LogP) is 2.67. The number of halogens is 4. The molecule has 5 nitrogen and oxygen atoms in total. The van der Waals surface area contributed by atoms with Crippen LogP contribution in [0, 0.1) is 5.82 Å². The van der Waals surface area contributed by atoms with Crippen LogP contribution in [0.25, 0.3) is 11.0 Å². The van der Waals surface area contributed by atoms with E-state index in [0.717, 1.165) is 17.2 Å². The minimum absolute atomic E-state index is 0.173. The van der Waals surface area contributed by atoms with Crippen molar-refractivity contribution in [2.24, 2.45) is 0 Å². The number of amides is 1. The summed E-state index contributed by atoms with van der Waals surface area (Å²) in [5.41, 5.74) is -0.0851. The number of hydrogen-bond acceptors (Lipinski definition) is 2. The highest BCUT2D eigenvalue weighted by molar-refractivity contribution is 5.97. The van der Waals surface area contributed by atoms with Gasteiger partial charge in [0.1, 0.15) is 18.4 Å². The third-order valence-electron chi connectivity index (χ3n) is 4.03. The molecule has 0 fully saturated rings. The fourth-order valence-electron chi connectivity index (χ4n) is 2.97. The number of nitrogens with zero attached hydrogens (tertiary/aromatic N) is 3. The summed E-state index contributed by atoms with van der Waals surface area (Å²) in [6.45, 7) is 0.298. The molecule has 0 aliphatic carbocycles. The molecule has 1 N–H and O–H groups in total. The Morgan fingerprint density at radius 1 is 1.36 bits per heavy atom. The molecule has 0 radical (unpaired) electrons. The van der Waals surface area contributed by atoms with Crippen LogP contribution in [0.2, 0.25) is 0 Å². The molecule has 0 bridgehead atoms. The Morgan fingerprint density at radius 2 is 2.12 bits per heavy atom. The summed E-state index contributed by atoms with van der Waals surface area (Å²) in [6, 6.07) is 1.26. The Balaban J connectivity index is 1.74. The quantitative estimate of drug-likeness (QED) is 0.634. The number of benzene rings is 1. The fourth-order valence-corrected chi connectivity index (χ4v) is 2.97. The predicted molar refractivity (Wildman–Crippen MR) is 80.5 cm³/mol. The third kappa shape index (κ3) is 2.51. The first-order chi connectivity index (χ1) is 11.7. The molecule has 3 heterocycles. The van der Waals surface area contributed by atoms with Gasteiger partial charge in [-0.15, -0.1) is 0 Å². The van der Waals surface area contributed by atoms with Gasteiger partial charge in [0.15, 0.2) is 18.2 Å². The number of alkyl halides is 3. The molecule has 4 rings (SSSR count). The molecule has 25 heavy (non-hydrogen) atoms. The number of imidazole rings is 1. The lowest BCUT2D eigenvalue weighted by Gasteiger charge is -2.10. The van der Waals surface area contributed by atoms with Gasteiger partial charge in [-0.3, -0.25) is 4.79 Å². The van der Waals surface area contributed by atoms with Crippen molar-refractivity contribution in [1.29, 1.82) is 0 Å². The second-order valence-corrected chi connectivity index (χ2v) is 5.90. The molecule has 128 valence electrons. The zero-order valence-electron chi connectivity index (χ0n) is 12.9. The molecule has 2 aliphatic heterocycles. The van der Waals surface area contributed by atoms with E-state index in [-0.39, 0.29) is 11.3 Å². The van der Waals surface area contributed by atoms with Crippen molar-refractivity contribution in [2.45, 2.75) is 6.18 Å². The van der Waals surface area contributed by atoms with Crippen molar-refractivity contribution in [2.75, 3.05) is 13.6 Å². The summed E-state index contributed by atoms with van der Waals surface area (Å²) in [5.74, 6) is -1.90. The van der Waals surface area contributed by atoms with Gasteiger partial charge in [0, 0.05) is 6.20 Å². The van der Waals surface area contributed by atoms with Gasteiger partial charge >= 0.3 is 6.18 Å². The monoisotopic (exact) mass is 351 g/mol. The van der Waals surface area contributed by atoms with Gasteiger partial charge in [-0.05, 0) is 12.1 Å². The lowest BCUT2D eigenvalue weighted by atomic mass is 10.1. The number of aromatic nitrogens is 2. The third-order valence-corrected chi connectivity index (χ3v) is 4.03. The molecule has 2 aliphatic rings. The fraction of sp³-hybridized carbons (Fsp3) is 0.188. The van der Waals surface area contributed by atoms with E-state index in [1.165, 1.54) is 4.90 Å². The van der Waals surface area contributed by atoms with Gasteiger partial charge in [-0.1, -0.05) is 0 Å². The number of carbonyl (C=O) groups excluding carboxylic acids is 1. The van der Waals surface area contributed by atoms with Crippen LogP contribution in [0.4, 0.5) is 17.6 Å². The van der Waals surface area contributed by atoms with E-state index in [4.69, 9.17) is 0 Å². The second-order valence-electron chi connectivity index (χ2n) is 5.90. The molecule has 1 amide bonds. The first-order valence-corrected chi connectivity index (χ1v) is 7.29. The van der Waals surface area contributed by atoms with Gasteiger partial charge in [0.25, 0.3) is 5.91 Å². The zero-order valence-corrected chi connectivity index (χ0v) is 12.9. The van der Waals surface area contributed by atoms with Crippen molar-refractivity contribution in [1.82, 2.24) is 14.9 Å². The summed E-state index contributed by atoms with van der Waals surface area (Å²) < 4.78 is 54.5. The summed E-state index contributed by atoms with van der Waals surface area (Å²) in [6.07, 6.45) is 0.524. The number of aromatic amines is 1. The average molecular weight is 351 g/mol. The lowest BCUT2D eigenvalue weighted by molar-refractivity contribution is -0.413. The van der Waals surface area contributed by atoms with E-state index >= 15 is 0 Å². The van der Waals surface area contributed by atoms with Crippen LogP contribution in [-0.2, 0) is 6.18 Å². The summed E-state index contributed by atoms with van der Waals surface area (Å²) in [4.78, 5) is 20.1. The number of nitrogens with one attached hydrogen (secondary N) is 1. The Bertz CT molecular complexity index is 1010. The SMILES string of the molecule is C[N+]1=CC2=CN(C(=O)c3nc4c(C(F)(F)F)cc(F)cc4[nH]3)CC2=C1. The van der Waals surface area contributed by atoms with Crippen molar-refractivity contribution in [3.63, 3.8) is 0 Å². The number of H-pyrrole nitrogens is 1. The van der Waals surface area contributed by atoms with E-state index in [0.29, 0.717) is 12.6 Å². The number of rotatable bonds is 1. The Kier molecular flexibility index (Phi) is 3.12. The van der Waals surface area contributed by atoms with E-state index in [9.17, 15) is 22.4 Å². The van der Waals surface area contributed by atoms with E-state index in [2.05, 4.69) is 9.97 Å². The topological polar surface area (TPSA) is 52.0 Å². The van der Waals surface area contributed by atoms with Crippen molar-refractivity contribution >= 4 is 23.2 Å². The van der Waals surface area contributed by atoms with Crippen LogP contribution >= 0.6 is 0 Å². The molecule has 0 unspecified atom stereocenters. The Labute approximate surface area is 138 Å². The highest BCUT2D eigenvalue weighted by Gasteiger charge is 2.36. The van der Waals surface area contributed by atoms with Crippen LogP contribution in [0.3, 0.4) is 0 Å². The molecular weight excluding hydrogens is 340 g/mol. The largest absolute Gasteiger partial charge is 0.418 e. The van der Waals surface area contributed by atoms with Crippen LogP contribution in [0.5, 0.6) is 0 Å². The lowest BCUT2D eigenvalue weighted by Crippen LogP contribution is -2.25. The maximum atomic E-state index is 13.5. The van der Waals surface area contributed by atoms with Crippen LogP contribution < -0.4 is 0 Å². The van der Waals surface area contributed by atoms with E-state index in [1.54, 1.807) is 6.20 Å². The summed E-state index contributed by atoms with van der Waals surface area (Å²) in [5, 5.41) is 0. The van der Waals surface area contributed by atoms with E-state index < -0.39 is 29.0 Å². The molecule has 0 saturated heterocycles. The molecule has 0 saturated carbocycles. The Morgan fingerprint density at radius 3 is 2.80 bits per heavy atom. The van der Waals surface area contributed by atoms with Crippen LogP contribution in [0.15, 0.2) is 35.7 Å². The highest BCUT2D eigenvalue weighted by atomic mass is 19.4. The maximum absolute atomic E-state index is 13.5. The molecule has 0 atom stereocenters. The maximum Gasteiger partial charge on any atom is 0.418 e. The summed E-state index contributed by atoms with van der Waals surface area (Å²) >= 11 is 0. The van der Waals surface area contributed by atoms with Gasteiger partial charge in [-0.25, -0.2) is 13.9 Å². The molecular formula is C16H11F4N4O+. The standard InChI is InChI=1S/C16H10F4N4O/c1-23-4-8-6-24(7-9(8)5-23)15(25)14-21-12-3-10(17)2-11(13(12)22-14)16(18,19)20/h2-6H,7H2,1H3/p+1. The molecule has 0 spiro atoms. The normalized spacial score (nSPS) is 16.8. The number of carbonyl (C=O) groups is 1. The average Bonchev–Trinajstić information content (AvgIpc) is 3.16. The zero-order chi connectivity index (χ0) is 17.9. The minimum atomic E-state index is -4.77. The second kappa shape index (κ2) is 5.01. The molecule has 9 heteroatoms.